The monoisotopic (exact) mass is 310 g/mol. The summed E-state index contributed by atoms with van der Waals surface area (Å²) < 4.78 is 65.1. The minimum atomic E-state index is -5.03. The van der Waals surface area contributed by atoms with Crippen LogP contribution < -0.4 is 10.6 Å². The van der Waals surface area contributed by atoms with Gasteiger partial charge in [-0.2, -0.15) is 13.2 Å². The van der Waals surface area contributed by atoms with Gasteiger partial charge in [-0.05, 0) is 6.07 Å². The number of carbonyl (C=O) groups excluding carboxylic acids is 2. The van der Waals surface area contributed by atoms with Crippen molar-refractivity contribution in [1.29, 1.82) is 0 Å². The van der Waals surface area contributed by atoms with E-state index in [1.165, 1.54) is 5.32 Å². The molecule has 0 saturated carbocycles. The molecule has 0 bridgehead atoms. The molecule has 116 valence electrons. The van der Waals surface area contributed by atoms with Crippen molar-refractivity contribution in [3.63, 3.8) is 0 Å². The standard InChI is InChI=1S/C12H11F5N2O2/c1-6(20)18-5-9(21)19-11(12(15,16)17)7-3-2-4-8(13)10(7)14/h2-4,11H,5H2,1H3,(H,18,20)(H,19,21)/t11-/m0/s1. The van der Waals surface area contributed by atoms with Crippen LogP contribution in [0.3, 0.4) is 0 Å². The summed E-state index contributed by atoms with van der Waals surface area (Å²) in [5.41, 5.74) is -1.04. The maximum atomic E-state index is 13.5. The van der Waals surface area contributed by atoms with Crippen LogP contribution in [0, 0.1) is 11.6 Å². The average Bonchev–Trinajstić information content (AvgIpc) is 2.36. The molecule has 0 spiro atoms. The number of nitrogens with one attached hydrogen (secondary N) is 2. The van der Waals surface area contributed by atoms with E-state index < -0.39 is 47.8 Å². The molecule has 0 saturated heterocycles. The van der Waals surface area contributed by atoms with Crippen LogP contribution in [0.5, 0.6) is 0 Å². The Hall–Kier alpha value is -2.19. The summed E-state index contributed by atoms with van der Waals surface area (Å²) in [4.78, 5) is 21.9. The smallest absolute Gasteiger partial charge is 0.347 e. The van der Waals surface area contributed by atoms with Crippen LogP contribution in [-0.4, -0.2) is 24.5 Å². The van der Waals surface area contributed by atoms with Gasteiger partial charge in [-0.15, -0.1) is 0 Å². The normalized spacial score (nSPS) is 12.7. The maximum Gasteiger partial charge on any atom is 0.412 e. The summed E-state index contributed by atoms with van der Waals surface area (Å²) >= 11 is 0. The largest absolute Gasteiger partial charge is 0.412 e. The van der Waals surface area contributed by atoms with Crippen LogP contribution in [0.4, 0.5) is 22.0 Å². The molecule has 0 aromatic heterocycles. The highest BCUT2D eigenvalue weighted by Crippen LogP contribution is 2.34. The Morgan fingerprint density at radius 2 is 1.86 bits per heavy atom. The summed E-state index contributed by atoms with van der Waals surface area (Å²) in [6.45, 7) is 0.361. The molecule has 1 aromatic rings. The predicted molar refractivity (Wildman–Crippen MR) is 62.0 cm³/mol. The highest BCUT2D eigenvalue weighted by Gasteiger charge is 2.43. The lowest BCUT2D eigenvalue weighted by Crippen LogP contribution is -2.43. The maximum absolute atomic E-state index is 13.5. The summed E-state index contributed by atoms with van der Waals surface area (Å²) in [7, 11) is 0. The molecule has 2 N–H and O–H groups in total. The summed E-state index contributed by atoms with van der Waals surface area (Å²) in [6.07, 6.45) is -5.03. The third-order valence-corrected chi connectivity index (χ3v) is 2.42. The number of halogens is 5. The van der Waals surface area contributed by atoms with E-state index in [9.17, 15) is 31.5 Å². The van der Waals surface area contributed by atoms with Crippen molar-refractivity contribution in [2.75, 3.05) is 6.54 Å². The van der Waals surface area contributed by atoms with Crippen LogP contribution in [0.2, 0.25) is 0 Å². The molecule has 0 aliphatic heterocycles. The molecule has 0 radical (unpaired) electrons. The van der Waals surface area contributed by atoms with Crippen molar-refractivity contribution in [3.8, 4) is 0 Å². The van der Waals surface area contributed by atoms with E-state index in [0.717, 1.165) is 19.1 Å². The first-order valence-corrected chi connectivity index (χ1v) is 5.67. The van der Waals surface area contributed by atoms with Gasteiger partial charge in [0.2, 0.25) is 11.8 Å². The first kappa shape index (κ1) is 16.9. The van der Waals surface area contributed by atoms with Crippen LogP contribution in [-0.2, 0) is 9.59 Å². The Morgan fingerprint density at radius 3 is 2.38 bits per heavy atom. The molecule has 2 amide bonds. The van der Waals surface area contributed by atoms with Gasteiger partial charge in [0.15, 0.2) is 17.7 Å². The van der Waals surface area contributed by atoms with Gasteiger partial charge in [0.05, 0.1) is 6.54 Å². The number of rotatable bonds is 4. The number of benzene rings is 1. The van der Waals surface area contributed by atoms with Crippen LogP contribution in [0.15, 0.2) is 18.2 Å². The van der Waals surface area contributed by atoms with Crippen LogP contribution >= 0.6 is 0 Å². The zero-order chi connectivity index (χ0) is 16.2. The molecule has 1 rings (SSSR count). The third-order valence-electron chi connectivity index (χ3n) is 2.42. The van der Waals surface area contributed by atoms with Crippen molar-refractivity contribution >= 4 is 11.8 Å². The lowest BCUT2D eigenvalue weighted by Gasteiger charge is -2.22. The van der Waals surface area contributed by atoms with E-state index in [0.29, 0.717) is 6.07 Å². The first-order chi connectivity index (χ1) is 9.62. The fourth-order valence-corrected chi connectivity index (χ4v) is 1.50. The van der Waals surface area contributed by atoms with E-state index in [-0.39, 0.29) is 0 Å². The molecule has 0 aliphatic rings. The molecular weight excluding hydrogens is 299 g/mol. The molecule has 0 heterocycles. The van der Waals surface area contributed by atoms with Gasteiger partial charge in [0.25, 0.3) is 0 Å². The van der Waals surface area contributed by atoms with Crippen LogP contribution in [0.1, 0.15) is 18.5 Å². The number of hydrogen-bond acceptors (Lipinski definition) is 2. The van der Waals surface area contributed by atoms with E-state index in [1.54, 1.807) is 0 Å². The second-order valence-corrected chi connectivity index (χ2v) is 4.09. The fourth-order valence-electron chi connectivity index (χ4n) is 1.50. The van der Waals surface area contributed by atoms with E-state index in [4.69, 9.17) is 0 Å². The molecule has 4 nitrogen and oxygen atoms in total. The minimum Gasteiger partial charge on any atom is -0.347 e. The van der Waals surface area contributed by atoms with Crippen molar-refractivity contribution < 1.29 is 31.5 Å². The quantitative estimate of drug-likeness (QED) is 0.834. The van der Waals surface area contributed by atoms with Crippen molar-refractivity contribution in [2.45, 2.75) is 19.1 Å². The van der Waals surface area contributed by atoms with Gasteiger partial charge in [-0.3, -0.25) is 9.59 Å². The van der Waals surface area contributed by atoms with E-state index >= 15 is 0 Å². The molecule has 1 aromatic carbocycles. The van der Waals surface area contributed by atoms with Crippen molar-refractivity contribution in [3.05, 3.63) is 35.4 Å². The predicted octanol–water partition coefficient (Wildman–Crippen LogP) is 1.82. The molecule has 0 unspecified atom stereocenters. The fraction of sp³-hybridized carbons (Fsp3) is 0.333. The second kappa shape index (κ2) is 6.51. The Morgan fingerprint density at radius 1 is 1.24 bits per heavy atom. The highest BCUT2D eigenvalue weighted by atomic mass is 19.4. The average molecular weight is 310 g/mol. The Kier molecular flexibility index (Phi) is 5.23. The van der Waals surface area contributed by atoms with Crippen molar-refractivity contribution in [2.24, 2.45) is 0 Å². The van der Waals surface area contributed by atoms with Gasteiger partial charge < -0.3 is 10.6 Å². The first-order valence-electron chi connectivity index (χ1n) is 5.67. The molecular formula is C12H11F5N2O2. The number of amides is 2. The molecule has 0 fully saturated rings. The van der Waals surface area contributed by atoms with Gasteiger partial charge in [0, 0.05) is 12.5 Å². The SMILES string of the molecule is CC(=O)NCC(=O)N[C@@H](c1cccc(F)c1F)C(F)(F)F. The van der Waals surface area contributed by atoms with Crippen molar-refractivity contribution in [1.82, 2.24) is 10.6 Å². The Balaban J connectivity index is 3.00. The van der Waals surface area contributed by atoms with E-state index in [2.05, 4.69) is 0 Å². The number of hydrogen-bond donors (Lipinski definition) is 2. The van der Waals surface area contributed by atoms with Gasteiger partial charge in [0.1, 0.15) is 0 Å². The molecule has 1 atom stereocenters. The lowest BCUT2D eigenvalue weighted by molar-refractivity contribution is -0.163. The van der Waals surface area contributed by atoms with Crippen LogP contribution in [0.25, 0.3) is 0 Å². The molecule has 21 heavy (non-hydrogen) atoms. The Labute approximate surface area is 116 Å². The summed E-state index contributed by atoms with van der Waals surface area (Å²) in [6, 6.07) is -0.443. The Bertz CT molecular complexity index is 545. The molecule has 9 heteroatoms. The summed E-state index contributed by atoms with van der Waals surface area (Å²) in [5, 5.41) is 3.50. The van der Waals surface area contributed by atoms with Gasteiger partial charge in [-0.1, -0.05) is 12.1 Å². The highest BCUT2D eigenvalue weighted by molar-refractivity contribution is 5.83. The van der Waals surface area contributed by atoms with E-state index in [1.807, 2.05) is 5.32 Å². The third kappa shape index (κ3) is 4.69. The molecule has 0 aliphatic carbocycles. The van der Waals surface area contributed by atoms with Gasteiger partial charge in [-0.25, -0.2) is 8.78 Å². The number of carbonyl (C=O) groups is 2. The number of alkyl halides is 3. The summed E-state index contributed by atoms with van der Waals surface area (Å²) in [5.74, 6) is -4.96. The minimum absolute atomic E-state index is 0.620. The topological polar surface area (TPSA) is 58.2 Å². The zero-order valence-electron chi connectivity index (χ0n) is 10.7. The second-order valence-electron chi connectivity index (χ2n) is 4.09. The van der Waals surface area contributed by atoms with Gasteiger partial charge >= 0.3 is 6.18 Å². The zero-order valence-corrected chi connectivity index (χ0v) is 10.7. The lowest BCUT2D eigenvalue weighted by atomic mass is 10.1.